The van der Waals surface area contributed by atoms with Gasteiger partial charge in [-0.05, 0) is 26.8 Å². The van der Waals surface area contributed by atoms with Gasteiger partial charge in [-0.25, -0.2) is 4.98 Å². The van der Waals surface area contributed by atoms with Gasteiger partial charge in [0.15, 0.2) is 10.8 Å². The molecule has 0 fully saturated rings. The van der Waals surface area contributed by atoms with Gasteiger partial charge in [-0.2, -0.15) is 0 Å². The second-order valence-electron chi connectivity index (χ2n) is 5.01. The molecule has 0 aromatic carbocycles. The summed E-state index contributed by atoms with van der Waals surface area (Å²) in [4.78, 5) is 8.33. The smallest absolute Gasteiger partial charge is 0.195 e. The maximum absolute atomic E-state index is 4.83. The summed E-state index contributed by atoms with van der Waals surface area (Å²) in [7, 11) is 0. The Morgan fingerprint density at radius 1 is 1.42 bits per heavy atom. The molecule has 2 heterocycles. The average molecular weight is 280 g/mol. The molecule has 4 nitrogen and oxygen atoms in total. The van der Waals surface area contributed by atoms with Crippen molar-refractivity contribution >= 4 is 22.1 Å². The van der Waals surface area contributed by atoms with Crippen molar-refractivity contribution in [1.82, 2.24) is 14.7 Å². The minimum atomic E-state index is 0.477. The van der Waals surface area contributed by atoms with Crippen LogP contribution in [0.15, 0.2) is 11.6 Å². The summed E-state index contributed by atoms with van der Waals surface area (Å²) < 4.78 is 2.22. The van der Waals surface area contributed by atoms with E-state index in [1.807, 2.05) is 0 Å². The maximum atomic E-state index is 4.83. The lowest BCUT2D eigenvalue weighted by Gasteiger charge is -2.27. The predicted octanol–water partition coefficient (Wildman–Crippen LogP) is 3.13. The van der Waals surface area contributed by atoms with E-state index in [1.165, 1.54) is 5.69 Å². The molecule has 0 bridgehead atoms. The number of imidazole rings is 1. The van der Waals surface area contributed by atoms with E-state index in [1.54, 1.807) is 11.3 Å². The molecule has 5 heteroatoms. The predicted molar refractivity (Wildman–Crippen MR) is 83.2 cm³/mol. The van der Waals surface area contributed by atoms with Gasteiger partial charge in [0, 0.05) is 30.7 Å². The highest BCUT2D eigenvalue weighted by molar-refractivity contribution is 7.15. The van der Waals surface area contributed by atoms with Crippen LogP contribution in [-0.2, 0) is 6.54 Å². The summed E-state index contributed by atoms with van der Waals surface area (Å²) in [6.07, 6.45) is 3.26. The van der Waals surface area contributed by atoms with Crippen LogP contribution >= 0.6 is 11.3 Å². The van der Waals surface area contributed by atoms with E-state index < -0.39 is 0 Å². The monoisotopic (exact) mass is 280 g/mol. The molecular weight excluding hydrogens is 256 g/mol. The number of nitrogens with zero attached hydrogens (tertiary/aromatic N) is 3. The number of thiazole rings is 1. The van der Waals surface area contributed by atoms with E-state index in [4.69, 9.17) is 4.98 Å². The first-order valence-electron chi connectivity index (χ1n) is 7.10. The Morgan fingerprint density at radius 2 is 2.21 bits per heavy atom. The molecule has 1 N–H and O–H groups in total. The molecule has 0 saturated carbocycles. The molecule has 0 radical (unpaired) electrons. The van der Waals surface area contributed by atoms with Gasteiger partial charge in [0.25, 0.3) is 0 Å². The van der Waals surface area contributed by atoms with Crippen molar-refractivity contribution in [2.45, 2.75) is 46.7 Å². The summed E-state index contributed by atoms with van der Waals surface area (Å²) in [5.41, 5.74) is 1.28. The Kier molecular flexibility index (Phi) is 4.82. The summed E-state index contributed by atoms with van der Waals surface area (Å²) in [6.45, 7) is 11.7. The second-order valence-corrected chi connectivity index (χ2v) is 5.88. The third kappa shape index (κ3) is 2.92. The largest absolute Gasteiger partial charge is 0.353 e. The normalized spacial score (nSPS) is 11.6. The Labute approximate surface area is 119 Å². The summed E-state index contributed by atoms with van der Waals surface area (Å²) >= 11 is 1.70. The number of aromatic nitrogens is 2. The van der Waals surface area contributed by atoms with Crippen molar-refractivity contribution in [2.75, 3.05) is 18.0 Å². The van der Waals surface area contributed by atoms with Crippen LogP contribution in [0.25, 0.3) is 4.96 Å². The fourth-order valence-electron chi connectivity index (χ4n) is 2.31. The molecule has 0 saturated heterocycles. The van der Waals surface area contributed by atoms with Gasteiger partial charge in [0.2, 0.25) is 0 Å². The molecule has 0 aliphatic rings. The SMILES string of the molecule is CCCN(c1nc2sccn2c1CNCC)C(C)C. The summed E-state index contributed by atoms with van der Waals surface area (Å²) in [6, 6.07) is 0.477. The number of rotatable bonds is 7. The van der Waals surface area contributed by atoms with E-state index in [2.05, 4.69) is 53.9 Å². The third-order valence-electron chi connectivity index (χ3n) is 3.24. The summed E-state index contributed by atoms with van der Waals surface area (Å²) in [5, 5.41) is 5.52. The molecule has 0 unspecified atom stereocenters. The van der Waals surface area contributed by atoms with E-state index in [0.29, 0.717) is 6.04 Å². The van der Waals surface area contributed by atoms with Gasteiger partial charge in [-0.1, -0.05) is 13.8 Å². The van der Waals surface area contributed by atoms with Gasteiger partial charge >= 0.3 is 0 Å². The van der Waals surface area contributed by atoms with Gasteiger partial charge in [-0.3, -0.25) is 4.40 Å². The van der Waals surface area contributed by atoms with Crippen molar-refractivity contribution in [2.24, 2.45) is 0 Å². The van der Waals surface area contributed by atoms with Crippen LogP contribution in [0.2, 0.25) is 0 Å². The molecule has 2 aromatic heterocycles. The standard InChI is InChI=1S/C14H24N4S/c1-5-7-17(11(3)4)13-12(10-15-6-2)18-8-9-19-14(18)16-13/h8-9,11,15H,5-7,10H2,1-4H3. The van der Waals surface area contributed by atoms with E-state index in [9.17, 15) is 0 Å². The van der Waals surface area contributed by atoms with Crippen LogP contribution in [0.3, 0.4) is 0 Å². The first-order valence-corrected chi connectivity index (χ1v) is 7.98. The Bertz CT molecular complexity index is 514. The quantitative estimate of drug-likeness (QED) is 0.846. The van der Waals surface area contributed by atoms with Crippen molar-refractivity contribution in [3.63, 3.8) is 0 Å². The Balaban J connectivity index is 2.41. The van der Waals surface area contributed by atoms with Crippen molar-refractivity contribution in [1.29, 1.82) is 0 Å². The van der Waals surface area contributed by atoms with Gasteiger partial charge in [0.05, 0.1) is 5.69 Å². The lowest BCUT2D eigenvalue weighted by atomic mass is 10.2. The zero-order valence-corrected chi connectivity index (χ0v) is 13.1. The number of nitrogens with one attached hydrogen (secondary N) is 1. The minimum Gasteiger partial charge on any atom is -0.353 e. The van der Waals surface area contributed by atoms with Gasteiger partial charge in [0.1, 0.15) is 0 Å². The highest BCUT2D eigenvalue weighted by Crippen LogP contribution is 2.26. The molecule has 0 amide bonds. The van der Waals surface area contributed by atoms with E-state index in [-0.39, 0.29) is 0 Å². The lowest BCUT2D eigenvalue weighted by molar-refractivity contribution is 0.648. The second kappa shape index (κ2) is 6.39. The highest BCUT2D eigenvalue weighted by atomic mass is 32.1. The van der Waals surface area contributed by atoms with Crippen LogP contribution in [0.1, 0.15) is 39.8 Å². The van der Waals surface area contributed by atoms with Gasteiger partial charge < -0.3 is 10.2 Å². The molecule has 0 aliphatic heterocycles. The number of hydrogen-bond donors (Lipinski definition) is 1. The van der Waals surface area contributed by atoms with Gasteiger partial charge in [-0.15, -0.1) is 11.3 Å². The first-order chi connectivity index (χ1) is 9.19. The molecule has 2 rings (SSSR count). The number of fused-ring (bicyclic) bond motifs is 1. The van der Waals surface area contributed by atoms with Crippen LogP contribution in [0.5, 0.6) is 0 Å². The summed E-state index contributed by atoms with van der Waals surface area (Å²) in [5.74, 6) is 1.14. The fraction of sp³-hybridized carbons (Fsp3) is 0.643. The van der Waals surface area contributed by atoms with Crippen molar-refractivity contribution in [3.05, 3.63) is 17.3 Å². The number of hydrogen-bond acceptors (Lipinski definition) is 4. The number of anilines is 1. The molecule has 0 spiro atoms. The molecule has 19 heavy (non-hydrogen) atoms. The molecular formula is C14H24N4S. The van der Waals surface area contributed by atoms with Crippen LogP contribution in [-0.4, -0.2) is 28.5 Å². The van der Waals surface area contributed by atoms with Crippen LogP contribution in [0, 0.1) is 0 Å². The highest BCUT2D eigenvalue weighted by Gasteiger charge is 2.20. The van der Waals surface area contributed by atoms with Crippen LogP contribution < -0.4 is 10.2 Å². The van der Waals surface area contributed by atoms with E-state index >= 15 is 0 Å². The topological polar surface area (TPSA) is 32.6 Å². The first kappa shape index (κ1) is 14.3. The van der Waals surface area contributed by atoms with E-state index in [0.717, 1.165) is 36.8 Å². The van der Waals surface area contributed by atoms with Crippen LogP contribution in [0.4, 0.5) is 5.82 Å². The molecule has 2 aromatic rings. The van der Waals surface area contributed by atoms with Crippen molar-refractivity contribution < 1.29 is 0 Å². The molecule has 106 valence electrons. The zero-order valence-electron chi connectivity index (χ0n) is 12.3. The average Bonchev–Trinajstić information content (AvgIpc) is 2.94. The van der Waals surface area contributed by atoms with Crippen molar-refractivity contribution in [3.8, 4) is 0 Å². The maximum Gasteiger partial charge on any atom is 0.195 e. The Hall–Kier alpha value is -1.07. The molecule has 0 aliphatic carbocycles. The zero-order chi connectivity index (χ0) is 13.8. The lowest BCUT2D eigenvalue weighted by Crippen LogP contribution is -2.33. The minimum absolute atomic E-state index is 0.477. The fourth-order valence-corrected chi connectivity index (χ4v) is 3.04. The Morgan fingerprint density at radius 3 is 2.84 bits per heavy atom. The molecule has 0 atom stereocenters. The third-order valence-corrected chi connectivity index (χ3v) is 4.00.